The average molecular weight is 308 g/mol. The zero-order chi connectivity index (χ0) is 14.5. The molecule has 1 aromatic heterocycles. The largest absolute Gasteiger partial charge is 0.463 e. The molecule has 6 heteroatoms. The Morgan fingerprint density at radius 1 is 1.38 bits per heavy atom. The van der Waals surface area contributed by atoms with Crippen molar-refractivity contribution in [1.82, 2.24) is 19.6 Å². The lowest BCUT2D eigenvalue weighted by atomic mass is 9.93. The van der Waals surface area contributed by atoms with Crippen LogP contribution in [0.25, 0.3) is 0 Å². The Morgan fingerprint density at radius 2 is 2.24 bits per heavy atom. The van der Waals surface area contributed by atoms with Crippen molar-refractivity contribution in [2.24, 2.45) is 5.92 Å². The molecule has 0 aromatic carbocycles. The number of aromatic nitrogens is 2. The summed E-state index contributed by atoms with van der Waals surface area (Å²) in [6.45, 7) is 4.81. The minimum absolute atomic E-state index is 0.534. The summed E-state index contributed by atoms with van der Waals surface area (Å²) in [5.41, 5.74) is 2.28. The highest BCUT2D eigenvalue weighted by atomic mass is 32.1. The number of hydrogen-bond donors (Lipinski definition) is 2. The van der Waals surface area contributed by atoms with Gasteiger partial charge in [-0.15, -0.1) is 0 Å². The molecular weight excluding hydrogens is 284 g/mol. The standard InChI is InChI=1S/C15H24N4OS/c21-19-8-5-14-13(11-19)10-17-15(18-14)20-9-1-2-12-3-6-16-7-4-12/h10,12,16,21H,1-9,11H2. The minimum atomic E-state index is 0.534. The number of nitrogens with zero attached hydrogens (tertiary/aromatic N) is 3. The van der Waals surface area contributed by atoms with Gasteiger partial charge < -0.3 is 10.1 Å². The van der Waals surface area contributed by atoms with Gasteiger partial charge in [0, 0.05) is 31.3 Å². The highest BCUT2D eigenvalue weighted by molar-refractivity contribution is 7.77. The van der Waals surface area contributed by atoms with Crippen molar-refractivity contribution >= 4 is 12.8 Å². The Bertz CT molecular complexity index is 465. The highest BCUT2D eigenvalue weighted by Gasteiger charge is 2.17. The molecule has 5 nitrogen and oxygen atoms in total. The van der Waals surface area contributed by atoms with Crippen LogP contribution in [0.3, 0.4) is 0 Å². The quantitative estimate of drug-likeness (QED) is 0.642. The molecule has 0 atom stereocenters. The zero-order valence-electron chi connectivity index (χ0n) is 12.4. The molecule has 0 saturated carbocycles. The van der Waals surface area contributed by atoms with Crippen LogP contribution in [-0.2, 0) is 13.0 Å². The van der Waals surface area contributed by atoms with E-state index in [0.717, 1.165) is 44.1 Å². The summed E-state index contributed by atoms with van der Waals surface area (Å²) >= 11 is 4.37. The van der Waals surface area contributed by atoms with Crippen molar-refractivity contribution in [3.63, 3.8) is 0 Å². The first-order chi connectivity index (χ1) is 10.3. The fourth-order valence-electron chi connectivity index (χ4n) is 3.06. The van der Waals surface area contributed by atoms with E-state index in [-0.39, 0.29) is 0 Å². The van der Waals surface area contributed by atoms with E-state index < -0.39 is 0 Å². The molecule has 1 fully saturated rings. The second-order valence-electron chi connectivity index (χ2n) is 5.95. The molecule has 0 radical (unpaired) electrons. The second kappa shape index (κ2) is 7.42. The molecule has 1 aromatic rings. The predicted molar refractivity (Wildman–Crippen MR) is 85.5 cm³/mol. The Balaban J connectivity index is 1.43. The topological polar surface area (TPSA) is 50.3 Å². The summed E-state index contributed by atoms with van der Waals surface area (Å²) < 4.78 is 7.71. The van der Waals surface area contributed by atoms with Gasteiger partial charge in [0.1, 0.15) is 0 Å². The monoisotopic (exact) mass is 308 g/mol. The van der Waals surface area contributed by atoms with E-state index in [1.54, 1.807) is 0 Å². The summed E-state index contributed by atoms with van der Waals surface area (Å²) in [5.74, 6) is 0.862. The van der Waals surface area contributed by atoms with E-state index in [1.165, 1.54) is 37.9 Å². The zero-order valence-corrected chi connectivity index (χ0v) is 13.3. The van der Waals surface area contributed by atoms with Crippen molar-refractivity contribution in [2.75, 3.05) is 26.2 Å². The number of fused-ring (bicyclic) bond motifs is 1. The number of thiol groups is 1. The molecule has 0 aliphatic carbocycles. The van der Waals surface area contributed by atoms with E-state index in [9.17, 15) is 0 Å². The van der Waals surface area contributed by atoms with Crippen LogP contribution in [0.5, 0.6) is 6.01 Å². The van der Waals surface area contributed by atoms with Gasteiger partial charge in [-0.05, 0) is 44.7 Å². The summed E-state index contributed by atoms with van der Waals surface area (Å²) in [4.78, 5) is 8.83. The van der Waals surface area contributed by atoms with E-state index in [0.29, 0.717) is 6.01 Å². The van der Waals surface area contributed by atoms with Gasteiger partial charge in [0.25, 0.3) is 0 Å². The number of ether oxygens (including phenoxy) is 1. The van der Waals surface area contributed by atoms with Crippen LogP contribution in [0.4, 0.5) is 0 Å². The average Bonchev–Trinajstić information content (AvgIpc) is 2.52. The Labute approximate surface area is 132 Å². The lowest BCUT2D eigenvalue weighted by molar-refractivity contribution is 0.256. The third-order valence-electron chi connectivity index (χ3n) is 4.34. The fraction of sp³-hybridized carbons (Fsp3) is 0.733. The lowest BCUT2D eigenvalue weighted by Gasteiger charge is -2.23. The van der Waals surface area contributed by atoms with Gasteiger partial charge in [-0.1, -0.05) is 12.8 Å². The van der Waals surface area contributed by atoms with E-state index >= 15 is 0 Å². The van der Waals surface area contributed by atoms with Crippen LogP contribution in [-0.4, -0.2) is 40.5 Å². The second-order valence-corrected chi connectivity index (χ2v) is 6.51. The summed E-state index contributed by atoms with van der Waals surface area (Å²) in [6.07, 6.45) is 7.75. The van der Waals surface area contributed by atoms with Crippen LogP contribution < -0.4 is 10.1 Å². The summed E-state index contributed by atoms with van der Waals surface area (Å²) in [7, 11) is 0. The molecule has 0 bridgehead atoms. The maximum absolute atomic E-state index is 5.72. The van der Waals surface area contributed by atoms with E-state index in [2.05, 4.69) is 28.1 Å². The number of hydrogen-bond acceptors (Lipinski definition) is 6. The number of rotatable bonds is 5. The highest BCUT2D eigenvalue weighted by Crippen LogP contribution is 2.20. The summed E-state index contributed by atoms with van der Waals surface area (Å²) in [5, 5.41) is 3.40. The Hall–Kier alpha value is -0.850. The molecule has 0 spiro atoms. The van der Waals surface area contributed by atoms with Gasteiger partial charge >= 0.3 is 6.01 Å². The van der Waals surface area contributed by atoms with Crippen LogP contribution in [0, 0.1) is 5.92 Å². The van der Waals surface area contributed by atoms with Crippen LogP contribution in [0.1, 0.15) is 36.9 Å². The van der Waals surface area contributed by atoms with Crippen LogP contribution in [0.2, 0.25) is 0 Å². The third-order valence-corrected chi connectivity index (χ3v) is 4.68. The molecule has 2 aliphatic rings. The van der Waals surface area contributed by atoms with Crippen molar-refractivity contribution < 1.29 is 4.74 Å². The summed E-state index contributed by atoms with van der Waals surface area (Å²) in [6, 6.07) is 0.534. The maximum Gasteiger partial charge on any atom is 0.316 e. The van der Waals surface area contributed by atoms with Crippen molar-refractivity contribution in [3.05, 3.63) is 17.5 Å². The molecule has 1 N–H and O–H groups in total. The Kier molecular flexibility index (Phi) is 5.32. The molecule has 0 unspecified atom stereocenters. The minimum Gasteiger partial charge on any atom is -0.463 e. The first kappa shape index (κ1) is 15.1. The molecular formula is C15H24N4OS. The van der Waals surface area contributed by atoms with Gasteiger partial charge in [-0.3, -0.25) is 0 Å². The van der Waals surface area contributed by atoms with Gasteiger partial charge in [-0.25, -0.2) is 9.29 Å². The molecule has 1 saturated heterocycles. The first-order valence-electron chi connectivity index (χ1n) is 7.93. The molecule has 0 amide bonds. The van der Waals surface area contributed by atoms with Gasteiger partial charge in [0.05, 0.1) is 12.3 Å². The maximum atomic E-state index is 5.72. The van der Waals surface area contributed by atoms with Crippen LogP contribution in [0.15, 0.2) is 6.20 Å². The molecule has 116 valence electrons. The van der Waals surface area contributed by atoms with E-state index in [1.807, 2.05) is 10.5 Å². The molecule has 3 rings (SSSR count). The molecule has 2 aliphatic heterocycles. The third kappa shape index (κ3) is 4.31. The van der Waals surface area contributed by atoms with Crippen molar-refractivity contribution in [1.29, 1.82) is 0 Å². The Morgan fingerprint density at radius 3 is 3.10 bits per heavy atom. The molecule has 21 heavy (non-hydrogen) atoms. The molecule has 3 heterocycles. The van der Waals surface area contributed by atoms with Gasteiger partial charge in [0.15, 0.2) is 0 Å². The van der Waals surface area contributed by atoms with Crippen molar-refractivity contribution in [2.45, 2.75) is 38.6 Å². The first-order valence-corrected chi connectivity index (χ1v) is 8.33. The van der Waals surface area contributed by atoms with Gasteiger partial charge in [-0.2, -0.15) is 4.98 Å². The normalized spacial score (nSPS) is 20.2. The van der Waals surface area contributed by atoms with Gasteiger partial charge in [0.2, 0.25) is 0 Å². The van der Waals surface area contributed by atoms with E-state index in [4.69, 9.17) is 4.74 Å². The number of nitrogens with one attached hydrogen (secondary N) is 1. The fourth-order valence-corrected chi connectivity index (χ4v) is 3.31. The van der Waals surface area contributed by atoms with Crippen molar-refractivity contribution in [3.8, 4) is 6.01 Å². The lowest BCUT2D eigenvalue weighted by Crippen LogP contribution is -2.27. The SMILES string of the molecule is SN1CCc2nc(OCCCC3CCNCC3)ncc2C1. The smallest absolute Gasteiger partial charge is 0.316 e. The predicted octanol–water partition coefficient (Wildman–Crippen LogP) is 1.84. The van der Waals surface area contributed by atoms with Crippen LogP contribution >= 0.6 is 12.8 Å². The number of piperidine rings is 1.